The Balaban J connectivity index is 2.06. The number of nitrogens with zero attached hydrogens (tertiary/aromatic N) is 2. The minimum Gasteiger partial charge on any atom is -0.435 e. The lowest BCUT2D eigenvalue weighted by molar-refractivity contribution is -0.0498. The smallest absolute Gasteiger partial charge is 0.387 e. The van der Waals surface area contributed by atoms with E-state index in [1.165, 1.54) is 12.1 Å². The van der Waals surface area contributed by atoms with E-state index in [1.807, 2.05) is 0 Å². The average Bonchev–Trinajstić information content (AvgIpc) is 2.71. The predicted molar refractivity (Wildman–Crippen MR) is 50.2 cm³/mol. The molecule has 80 valence electrons. The Morgan fingerprint density at radius 1 is 1.27 bits per heavy atom. The zero-order valence-electron chi connectivity index (χ0n) is 7.94. The molecule has 5 heteroatoms. The molecule has 1 aliphatic heterocycles. The summed E-state index contributed by atoms with van der Waals surface area (Å²) in [5.41, 5.74) is 0.984. The van der Waals surface area contributed by atoms with Crippen molar-refractivity contribution in [1.29, 1.82) is 0 Å². The molecule has 1 aromatic rings. The van der Waals surface area contributed by atoms with Crippen molar-refractivity contribution in [1.82, 2.24) is 0 Å². The zero-order chi connectivity index (χ0) is 10.7. The second kappa shape index (κ2) is 4.33. The molecule has 0 radical (unpaired) electrons. The minimum atomic E-state index is -2.78. The fourth-order valence-corrected chi connectivity index (χ4v) is 1.50. The Morgan fingerprint density at radius 3 is 2.53 bits per heavy atom. The van der Waals surface area contributed by atoms with Crippen LogP contribution in [0.25, 0.3) is 0 Å². The van der Waals surface area contributed by atoms with E-state index in [0.29, 0.717) is 0 Å². The molecule has 0 spiro atoms. The first-order chi connectivity index (χ1) is 7.25. The Morgan fingerprint density at radius 2 is 2.00 bits per heavy atom. The van der Waals surface area contributed by atoms with Crippen LogP contribution in [0, 0.1) is 0 Å². The Hall–Kier alpha value is -1.52. The van der Waals surface area contributed by atoms with E-state index in [-0.39, 0.29) is 11.8 Å². The lowest BCUT2D eigenvalue weighted by atomic mass is 10.1. The fourth-order valence-electron chi connectivity index (χ4n) is 1.50. The van der Waals surface area contributed by atoms with Crippen LogP contribution >= 0.6 is 0 Å². The molecule has 1 heterocycles. The van der Waals surface area contributed by atoms with Gasteiger partial charge in [0.15, 0.2) is 0 Å². The van der Waals surface area contributed by atoms with Crippen LogP contribution < -0.4 is 4.74 Å². The summed E-state index contributed by atoms with van der Waals surface area (Å²) in [5.74, 6) is 0.170. The Labute approximate surface area is 85.8 Å². The van der Waals surface area contributed by atoms with Gasteiger partial charge in [0, 0.05) is 0 Å². The van der Waals surface area contributed by atoms with Crippen molar-refractivity contribution in [2.75, 3.05) is 6.54 Å². The summed E-state index contributed by atoms with van der Waals surface area (Å²) in [4.78, 5) is 0. The third kappa shape index (κ3) is 2.49. The molecule has 0 saturated carbocycles. The number of halogens is 2. The zero-order valence-corrected chi connectivity index (χ0v) is 7.94. The van der Waals surface area contributed by atoms with Gasteiger partial charge in [-0.15, -0.1) is 0 Å². The van der Waals surface area contributed by atoms with Crippen LogP contribution in [0.3, 0.4) is 0 Å². The first kappa shape index (κ1) is 10.0. The van der Waals surface area contributed by atoms with Gasteiger partial charge in [0.2, 0.25) is 0 Å². The summed E-state index contributed by atoms with van der Waals surface area (Å²) in [7, 11) is 0. The summed E-state index contributed by atoms with van der Waals surface area (Å²) in [6.07, 6.45) is 0.884. The lowest BCUT2D eigenvalue weighted by Crippen LogP contribution is -2.02. The van der Waals surface area contributed by atoms with Crippen LogP contribution in [-0.4, -0.2) is 13.2 Å². The third-order valence-corrected chi connectivity index (χ3v) is 2.21. The van der Waals surface area contributed by atoms with E-state index >= 15 is 0 Å². The van der Waals surface area contributed by atoms with Crippen LogP contribution in [0.2, 0.25) is 0 Å². The van der Waals surface area contributed by atoms with Gasteiger partial charge in [-0.25, -0.2) is 0 Å². The molecule has 1 aliphatic rings. The molecule has 0 aromatic heterocycles. The summed E-state index contributed by atoms with van der Waals surface area (Å²) < 4.78 is 28.0. The molecule has 0 amide bonds. The van der Waals surface area contributed by atoms with Gasteiger partial charge in [0.05, 0.1) is 12.6 Å². The second-order valence-corrected chi connectivity index (χ2v) is 3.23. The Bertz CT molecular complexity index is 351. The van der Waals surface area contributed by atoms with Crippen LogP contribution in [0.1, 0.15) is 18.0 Å². The van der Waals surface area contributed by atoms with E-state index in [4.69, 9.17) is 0 Å². The molecular formula is C10H10F2N2O. The Kier molecular flexibility index (Phi) is 2.89. The first-order valence-electron chi connectivity index (χ1n) is 4.67. The maximum atomic E-state index is 11.9. The number of benzene rings is 1. The van der Waals surface area contributed by atoms with Crippen molar-refractivity contribution in [2.45, 2.75) is 19.1 Å². The van der Waals surface area contributed by atoms with Gasteiger partial charge in [-0.2, -0.15) is 19.0 Å². The van der Waals surface area contributed by atoms with Crippen molar-refractivity contribution >= 4 is 0 Å². The number of rotatable bonds is 3. The highest BCUT2D eigenvalue weighted by Gasteiger charge is 2.14. The molecule has 0 saturated heterocycles. The molecule has 0 N–H and O–H groups in total. The second-order valence-electron chi connectivity index (χ2n) is 3.23. The molecule has 1 atom stereocenters. The van der Waals surface area contributed by atoms with Gasteiger partial charge < -0.3 is 4.74 Å². The van der Waals surface area contributed by atoms with Gasteiger partial charge in [-0.1, -0.05) is 12.1 Å². The largest absolute Gasteiger partial charge is 0.435 e. The highest BCUT2D eigenvalue weighted by atomic mass is 19.3. The number of azo groups is 1. The molecule has 0 aliphatic carbocycles. The van der Waals surface area contributed by atoms with Gasteiger partial charge in [-0.05, 0) is 24.1 Å². The maximum absolute atomic E-state index is 11.9. The van der Waals surface area contributed by atoms with Crippen molar-refractivity contribution in [3.63, 3.8) is 0 Å². The molecule has 3 nitrogen and oxygen atoms in total. The van der Waals surface area contributed by atoms with E-state index in [9.17, 15) is 8.78 Å². The van der Waals surface area contributed by atoms with Crippen molar-refractivity contribution < 1.29 is 13.5 Å². The average molecular weight is 212 g/mol. The van der Waals surface area contributed by atoms with Gasteiger partial charge in [-0.3, -0.25) is 0 Å². The van der Waals surface area contributed by atoms with E-state index < -0.39 is 6.61 Å². The predicted octanol–water partition coefficient (Wildman–Crippen LogP) is 3.19. The molecule has 0 bridgehead atoms. The quantitative estimate of drug-likeness (QED) is 0.757. The molecule has 1 aromatic carbocycles. The summed E-state index contributed by atoms with van der Waals surface area (Å²) in [6.45, 7) is -2.04. The number of alkyl halides is 2. The highest BCUT2D eigenvalue weighted by Crippen LogP contribution is 2.27. The number of hydrogen-bond acceptors (Lipinski definition) is 3. The fraction of sp³-hybridized carbons (Fsp3) is 0.400. The van der Waals surface area contributed by atoms with Crippen LogP contribution in [-0.2, 0) is 0 Å². The van der Waals surface area contributed by atoms with Crippen molar-refractivity contribution in [3.05, 3.63) is 29.8 Å². The lowest BCUT2D eigenvalue weighted by Gasteiger charge is -2.07. The number of ether oxygens (including phenoxy) is 1. The summed E-state index contributed by atoms with van der Waals surface area (Å²) in [6, 6.07) is 6.61. The van der Waals surface area contributed by atoms with Gasteiger partial charge >= 0.3 is 6.61 Å². The minimum absolute atomic E-state index is 0.0746. The topological polar surface area (TPSA) is 34.0 Å². The molecule has 2 rings (SSSR count). The molecular weight excluding hydrogens is 202 g/mol. The van der Waals surface area contributed by atoms with Crippen LogP contribution in [0.15, 0.2) is 34.5 Å². The van der Waals surface area contributed by atoms with Crippen LogP contribution in [0.5, 0.6) is 5.75 Å². The van der Waals surface area contributed by atoms with Crippen molar-refractivity contribution in [2.24, 2.45) is 10.2 Å². The molecule has 15 heavy (non-hydrogen) atoms. The van der Waals surface area contributed by atoms with Gasteiger partial charge in [0.1, 0.15) is 5.75 Å². The SMILES string of the molecule is FC(F)Oc1ccc(C2CCN=N2)cc1. The molecule has 1 unspecified atom stereocenters. The van der Waals surface area contributed by atoms with Crippen molar-refractivity contribution in [3.8, 4) is 5.75 Å². The van der Waals surface area contributed by atoms with E-state index in [2.05, 4.69) is 15.0 Å². The van der Waals surface area contributed by atoms with Crippen LogP contribution in [0.4, 0.5) is 8.78 Å². The highest BCUT2D eigenvalue weighted by molar-refractivity contribution is 5.29. The number of hydrogen-bond donors (Lipinski definition) is 0. The van der Waals surface area contributed by atoms with Gasteiger partial charge in [0.25, 0.3) is 0 Å². The summed E-state index contributed by atoms with van der Waals surface area (Å²) in [5, 5.41) is 7.92. The first-order valence-corrected chi connectivity index (χ1v) is 4.67. The molecule has 0 fully saturated rings. The maximum Gasteiger partial charge on any atom is 0.387 e. The van der Waals surface area contributed by atoms with E-state index in [0.717, 1.165) is 18.5 Å². The monoisotopic (exact) mass is 212 g/mol. The standard InChI is InChI=1S/C10H10F2N2O/c11-10(12)15-8-3-1-7(2-4-8)9-5-6-13-14-9/h1-4,9-10H,5-6H2. The summed E-state index contributed by atoms with van der Waals surface area (Å²) >= 11 is 0. The van der Waals surface area contributed by atoms with E-state index in [1.54, 1.807) is 12.1 Å². The normalized spacial score (nSPS) is 19.8. The third-order valence-electron chi connectivity index (χ3n) is 2.21.